The van der Waals surface area contributed by atoms with Crippen LogP contribution in [0.25, 0.3) is 11.4 Å². The molecule has 0 saturated heterocycles. The van der Waals surface area contributed by atoms with Gasteiger partial charge in [-0.25, -0.2) is 0 Å². The summed E-state index contributed by atoms with van der Waals surface area (Å²) in [6.45, 7) is 0.916. The number of nitrogens with one attached hydrogen (secondary N) is 1. The van der Waals surface area contributed by atoms with E-state index < -0.39 is 0 Å². The van der Waals surface area contributed by atoms with Gasteiger partial charge in [-0.3, -0.25) is 4.79 Å². The predicted octanol–water partition coefficient (Wildman–Crippen LogP) is 4.62. The van der Waals surface area contributed by atoms with Gasteiger partial charge in [-0.05, 0) is 50.3 Å². The van der Waals surface area contributed by atoms with Crippen molar-refractivity contribution in [2.75, 3.05) is 5.32 Å². The fourth-order valence-corrected chi connectivity index (χ4v) is 3.94. The van der Waals surface area contributed by atoms with Gasteiger partial charge in [-0.1, -0.05) is 30.2 Å². The second-order valence-electron chi connectivity index (χ2n) is 7.07. The summed E-state index contributed by atoms with van der Waals surface area (Å²) in [5.74, 6) is 1.94. The van der Waals surface area contributed by atoms with E-state index in [2.05, 4.69) is 32.2 Å². The van der Waals surface area contributed by atoms with E-state index in [0.29, 0.717) is 5.02 Å². The Morgan fingerprint density at radius 1 is 1.19 bits per heavy atom. The number of aryl methyl sites for hydroxylation is 1. The molecular formula is C20H23ClN4O. The number of hydrogen-bond acceptors (Lipinski definition) is 3. The van der Waals surface area contributed by atoms with Crippen molar-refractivity contribution in [2.45, 2.75) is 51.5 Å². The van der Waals surface area contributed by atoms with Gasteiger partial charge in [0.2, 0.25) is 5.91 Å². The average molecular weight is 371 g/mol. The minimum Gasteiger partial charge on any atom is -0.326 e. The number of anilines is 1. The van der Waals surface area contributed by atoms with Gasteiger partial charge >= 0.3 is 0 Å². The van der Waals surface area contributed by atoms with Crippen LogP contribution in [-0.2, 0) is 17.8 Å². The van der Waals surface area contributed by atoms with Gasteiger partial charge in [-0.2, -0.15) is 0 Å². The van der Waals surface area contributed by atoms with Crippen LogP contribution in [-0.4, -0.2) is 20.7 Å². The van der Waals surface area contributed by atoms with Crippen LogP contribution in [0.5, 0.6) is 0 Å². The van der Waals surface area contributed by atoms with Crippen LogP contribution < -0.4 is 5.32 Å². The summed E-state index contributed by atoms with van der Waals surface area (Å²) in [4.78, 5) is 12.5. The fourth-order valence-electron chi connectivity index (χ4n) is 3.73. The van der Waals surface area contributed by atoms with Crippen molar-refractivity contribution in [3.63, 3.8) is 0 Å². The highest BCUT2D eigenvalue weighted by atomic mass is 35.5. The Balaban J connectivity index is 1.60. The van der Waals surface area contributed by atoms with Crippen LogP contribution >= 0.6 is 11.6 Å². The molecule has 1 aliphatic carbocycles. The zero-order valence-corrected chi connectivity index (χ0v) is 15.5. The molecule has 26 heavy (non-hydrogen) atoms. The first-order chi connectivity index (χ1) is 12.7. The third-order valence-electron chi connectivity index (χ3n) is 5.22. The summed E-state index contributed by atoms with van der Waals surface area (Å²) in [6, 6.07) is 5.59. The number of amides is 1. The van der Waals surface area contributed by atoms with Crippen LogP contribution in [0.15, 0.2) is 30.4 Å². The van der Waals surface area contributed by atoms with Gasteiger partial charge < -0.3 is 9.88 Å². The van der Waals surface area contributed by atoms with Gasteiger partial charge in [0.05, 0.1) is 5.02 Å². The monoisotopic (exact) mass is 370 g/mol. The van der Waals surface area contributed by atoms with E-state index >= 15 is 0 Å². The highest BCUT2D eigenvalue weighted by Crippen LogP contribution is 2.31. The van der Waals surface area contributed by atoms with Crippen LogP contribution in [0.1, 0.15) is 44.3 Å². The van der Waals surface area contributed by atoms with E-state index in [4.69, 9.17) is 11.6 Å². The summed E-state index contributed by atoms with van der Waals surface area (Å²) in [5, 5.41) is 12.4. The zero-order chi connectivity index (χ0) is 17.9. The van der Waals surface area contributed by atoms with Gasteiger partial charge in [-0.15, -0.1) is 10.2 Å². The SMILES string of the molecule is O=C(Nc1ccc(Cl)c(-c2nnc3n2CCCCC3)c1)C1CC=CCC1. The van der Waals surface area contributed by atoms with Gasteiger partial charge in [0.1, 0.15) is 5.82 Å². The van der Waals surface area contributed by atoms with E-state index in [0.717, 1.165) is 68.0 Å². The standard InChI is InChI=1S/C20H23ClN4O/c21-17-11-10-15(22-20(26)14-7-3-1-4-8-14)13-16(17)19-24-23-18-9-5-2-6-12-25(18)19/h1,3,10-11,13-14H,2,4-9,12H2,(H,22,26). The molecule has 2 aliphatic rings. The molecule has 5 nitrogen and oxygen atoms in total. The third-order valence-corrected chi connectivity index (χ3v) is 5.55. The minimum absolute atomic E-state index is 0.0449. The molecule has 1 N–H and O–H groups in total. The molecule has 1 amide bonds. The number of carbonyl (C=O) groups excluding carboxylic acids is 1. The zero-order valence-electron chi connectivity index (χ0n) is 14.7. The van der Waals surface area contributed by atoms with Crippen molar-refractivity contribution in [3.8, 4) is 11.4 Å². The molecule has 1 aliphatic heterocycles. The average Bonchev–Trinajstić information content (AvgIpc) is 2.92. The lowest BCUT2D eigenvalue weighted by atomic mass is 9.93. The maximum absolute atomic E-state index is 12.5. The summed E-state index contributed by atoms with van der Waals surface area (Å²) >= 11 is 6.45. The maximum Gasteiger partial charge on any atom is 0.227 e. The molecule has 2 aromatic rings. The van der Waals surface area contributed by atoms with Crippen molar-refractivity contribution in [1.82, 2.24) is 14.8 Å². The third kappa shape index (κ3) is 3.54. The Morgan fingerprint density at radius 2 is 2.12 bits per heavy atom. The van der Waals surface area contributed by atoms with Gasteiger partial charge in [0, 0.05) is 30.1 Å². The molecule has 6 heteroatoms. The van der Waals surface area contributed by atoms with E-state index in [1.54, 1.807) is 0 Å². The molecule has 0 saturated carbocycles. The van der Waals surface area contributed by atoms with Crippen molar-refractivity contribution in [1.29, 1.82) is 0 Å². The van der Waals surface area contributed by atoms with E-state index in [1.165, 1.54) is 6.42 Å². The molecule has 4 rings (SSSR count). The number of benzene rings is 1. The number of carbonyl (C=O) groups is 1. The van der Waals surface area contributed by atoms with Crippen molar-refractivity contribution >= 4 is 23.2 Å². The molecule has 0 radical (unpaired) electrons. The van der Waals surface area contributed by atoms with E-state index in [1.807, 2.05) is 18.2 Å². The lowest BCUT2D eigenvalue weighted by Crippen LogP contribution is -2.23. The lowest BCUT2D eigenvalue weighted by molar-refractivity contribution is -0.120. The Labute approximate surface area is 158 Å². The smallest absolute Gasteiger partial charge is 0.227 e. The largest absolute Gasteiger partial charge is 0.326 e. The van der Waals surface area contributed by atoms with Crippen molar-refractivity contribution < 1.29 is 4.79 Å². The van der Waals surface area contributed by atoms with Crippen LogP contribution in [0.4, 0.5) is 5.69 Å². The predicted molar refractivity (Wildman–Crippen MR) is 103 cm³/mol. The first-order valence-electron chi connectivity index (χ1n) is 9.40. The Bertz CT molecular complexity index is 842. The van der Waals surface area contributed by atoms with E-state index in [-0.39, 0.29) is 11.8 Å². The molecule has 136 valence electrons. The number of aromatic nitrogens is 3. The van der Waals surface area contributed by atoms with Gasteiger partial charge in [0.15, 0.2) is 5.82 Å². The first kappa shape index (κ1) is 17.3. The normalized spacial score (nSPS) is 19.7. The summed E-state index contributed by atoms with van der Waals surface area (Å²) in [7, 11) is 0. The molecule has 0 fully saturated rings. The summed E-state index contributed by atoms with van der Waals surface area (Å²) in [5.41, 5.74) is 1.59. The number of halogens is 1. The van der Waals surface area contributed by atoms with Crippen LogP contribution in [0.3, 0.4) is 0 Å². The molecule has 1 aromatic heterocycles. The molecule has 0 spiro atoms. The molecule has 0 bridgehead atoms. The Morgan fingerprint density at radius 3 is 2.96 bits per heavy atom. The highest BCUT2D eigenvalue weighted by Gasteiger charge is 2.21. The van der Waals surface area contributed by atoms with Gasteiger partial charge in [0.25, 0.3) is 0 Å². The number of allylic oxidation sites excluding steroid dienone is 2. The van der Waals surface area contributed by atoms with Crippen LogP contribution in [0, 0.1) is 5.92 Å². The minimum atomic E-state index is 0.0449. The van der Waals surface area contributed by atoms with Crippen molar-refractivity contribution in [3.05, 3.63) is 41.2 Å². The second-order valence-corrected chi connectivity index (χ2v) is 7.47. The molecule has 1 atom stereocenters. The second kappa shape index (κ2) is 7.62. The quantitative estimate of drug-likeness (QED) is 0.802. The fraction of sp³-hybridized carbons (Fsp3) is 0.450. The molecule has 1 aromatic carbocycles. The molecule has 1 unspecified atom stereocenters. The molecule has 2 heterocycles. The number of nitrogens with zero attached hydrogens (tertiary/aromatic N) is 3. The first-order valence-corrected chi connectivity index (χ1v) is 9.78. The maximum atomic E-state index is 12.5. The topological polar surface area (TPSA) is 59.8 Å². The van der Waals surface area contributed by atoms with Crippen molar-refractivity contribution in [2.24, 2.45) is 5.92 Å². The summed E-state index contributed by atoms with van der Waals surface area (Å²) < 4.78 is 2.17. The lowest BCUT2D eigenvalue weighted by Gasteiger charge is -2.18. The number of hydrogen-bond donors (Lipinski definition) is 1. The number of rotatable bonds is 3. The number of fused-ring (bicyclic) bond motifs is 1. The molecular weight excluding hydrogens is 348 g/mol. The van der Waals surface area contributed by atoms with E-state index in [9.17, 15) is 4.79 Å². The summed E-state index contributed by atoms with van der Waals surface area (Å²) in [6.07, 6.45) is 11.4. The Kier molecular flexibility index (Phi) is 5.07. The van der Waals surface area contributed by atoms with Crippen LogP contribution in [0.2, 0.25) is 5.02 Å². The highest BCUT2D eigenvalue weighted by molar-refractivity contribution is 6.33. The Hall–Kier alpha value is -2.14.